The van der Waals surface area contributed by atoms with Crippen LogP contribution in [0.4, 0.5) is 5.82 Å². The average Bonchev–Trinajstić information content (AvgIpc) is 2.66. The van der Waals surface area contributed by atoms with Crippen LogP contribution < -0.4 is 15.2 Å². The van der Waals surface area contributed by atoms with Crippen LogP contribution >= 0.6 is 0 Å². The van der Waals surface area contributed by atoms with E-state index in [1.54, 1.807) is 13.3 Å². The second-order valence-electron chi connectivity index (χ2n) is 6.50. The Hall–Kier alpha value is -2.23. The number of ether oxygens (including phenoxy) is 1. The van der Waals surface area contributed by atoms with E-state index in [2.05, 4.69) is 30.8 Å². The van der Waals surface area contributed by atoms with E-state index in [1.807, 2.05) is 12.3 Å². The quantitative estimate of drug-likeness (QED) is 0.671. The minimum atomic E-state index is -1.58. The minimum absolute atomic E-state index is 0.166. The summed E-state index contributed by atoms with van der Waals surface area (Å²) in [5.41, 5.74) is 1.35. The van der Waals surface area contributed by atoms with E-state index in [4.69, 9.17) is 14.8 Å². The van der Waals surface area contributed by atoms with Crippen LogP contribution in [-0.4, -0.2) is 69.3 Å². The molecule has 0 saturated carbocycles. The first kappa shape index (κ1) is 16.3. The zero-order valence-corrected chi connectivity index (χ0v) is 14.0. The number of piperazine rings is 1. The molecule has 3 saturated heterocycles. The molecule has 5 heterocycles. The summed E-state index contributed by atoms with van der Waals surface area (Å²) >= 11 is 0. The Morgan fingerprint density at radius 3 is 2.48 bits per heavy atom. The normalized spacial score (nSPS) is 22.4. The van der Waals surface area contributed by atoms with Gasteiger partial charge in [-0.15, -0.1) is 0 Å². The van der Waals surface area contributed by atoms with E-state index in [-0.39, 0.29) is 5.59 Å². The van der Waals surface area contributed by atoms with Crippen molar-refractivity contribution in [1.29, 1.82) is 0 Å². The lowest BCUT2D eigenvalue weighted by atomic mass is 9.86. The Bertz CT molecular complexity index is 716. The van der Waals surface area contributed by atoms with Gasteiger partial charge in [0.05, 0.1) is 18.9 Å². The van der Waals surface area contributed by atoms with Crippen molar-refractivity contribution < 1.29 is 14.8 Å². The first-order chi connectivity index (χ1) is 12.1. The SMILES string of the molecule is COc1ccc(CN2C3CC2CN(c2cnc(B(O)O)cn2)C3)cn1. The molecule has 2 aromatic heterocycles. The molecule has 2 atom stereocenters. The van der Waals surface area contributed by atoms with E-state index < -0.39 is 7.12 Å². The molecule has 25 heavy (non-hydrogen) atoms. The standard InChI is InChI=1S/C16H20BN5O3/c1-25-16-3-2-11(5-20-16)8-22-12-4-13(22)10-21(9-12)15-7-18-14(6-19-15)17(23)24/h2-3,5-7,12-13,23-24H,4,8-10H2,1H3. The predicted molar refractivity (Wildman–Crippen MR) is 92.6 cm³/mol. The number of aromatic nitrogens is 3. The molecular weight excluding hydrogens is 321 g/mol. The van der Waals surface area contributed by atoms with Crippen LogP contribution in [-0.2, 0) is 6.54 Å². The molecule has 130 valence electrons. The highest BCUT2D eigenvalue weighted by Gasteiger charge is 2.44. The largest absolute Gasteiger partial charge is 0.509 e. The lowest BCUT2D eigenvalue weighted by molar-refractivity contribution is -0.00878. The molecule has 2 N–H and O–H groups in total. The minimum Gasteiger partial charge on any atom is -0.481 e. The van der Waals surface area contributed by atoms with Gasteiger partial charge in [-0.3, -0.25) is 9.88 Å². The van der Waals surface area contributed by atoms with Crippen molar-refractivity contribution in [3.05, 3.63) is 36.3 Å². The van der Waals surface area contributed by atoms with Crippen LogP contribution in [0.2, 0.25) is 0 Å². The molecule has 5 rings (SSSR count). The number of hydrogen-bond acceptors (Lipinski definition) is 8. The maximum absolute atomic E-state index is 9.10. The van der Waals surface area contributed by atoms with Gasteiger partial charge in [0.2, 0.25) is 5.88 Å². The average molecular weight is 341 g/mol. The van der Waals surface area contributed by atoms with Gasteiger partial charge in [-0.05, 0) is 12.0 Å². The highest BCUT2D eigenvalue weighted by molar-refractivity contribution is 6.57. The van der Waals surface area contributed by atoms with Gasteiger partial charge in [-0.2, -0.15) is 0 Å². The van der Waals surface area contributed by atoms with Crippen molar-refractivity contribution in [2.75, 3.05) is 25.1 Å². The van der Waals surface area contributed by atoms with Crippen LogP contribution in [0.5, 0.6) is 5.88 Å². The Balaban J connectivity index is 1.38. The first-order valence-electron chi connectivity index (χ1n) is 8.31. The van der Waals surface area contributed by atoms with Crippen molar-refractivity contribution in [2.45, 2.75) is 25.0 Å². The monoisotopic (exact) mass is 341 g/mol. The third-order valence-electron chi connectivity index (χ3n) is 4.96. The Morgan fingerprint density at radius 2 is 1.92 bits per heavy atom. The summed E-state index contributed by atoms with van der Waals surface area (Å²) in [6.07, 6.45) is 6.09. The fraction of sp³-hybridized carbons (Fsp3) is 0.438. The lowest BCUT2D eigenvalue weighted by Crippen LogP contribution is -2.68. The predicted octanol–water partition coefficient (Wildman–Crippen LogP) is -0.977. The van der Waals surface area contributed by atoms with Gasteiger partial charge in [-0.25, -0.2) is 9.97 Å². The number of hydrogen-bond donors (Lipinski definition) is 2. The Labute approximate surface area is 146 Å². The number of methoxy groups -OCH3 is 1. The molecular formula is C16H20BN5O3. The number of anilines is 1. The molecule has 2 aromatic rings. The highest BCUT2D eigenvalue weighted by Crippen LogP contribution is 2.35. The van der Waals surface area contributed by atoms with Crippen LogP contribution in [0.3, 0.4) is 0 Å². The fourth-order valence-corrected chi connectivity index (χ4v) is 3.60. The van der Waals surface area contributed by atoms with Gasteiger partial charge in [0.25, 0.3) is 0 Å². The molecule has 2 unspecified atom stereocenters. The molecule has 0 aliphatic carbocycles. The molecule has 2 bridgehead atoms. The van der Waals surface area contributed by atoms with Gasteiger partial charge in [0.15, 0.2) is 0 Å². The summed E-state index contributed by atoms with van der Waals surface area (Å²) in [5.74, 6) is 1.42. The van der Waals surface area contributed by atoms with Crippen molar-refractivity contribution >= 4 is 18.5 Å². The number of nitrogens with zero attached hydrogens (tertiary/aromatic N) is 5. The van der Waals surface area contributed by atoms with Crippen molar-refractivity contribution in [1.82, 2.24) is 19.9 Å². The molecule has 3 aliphatic rings. The molecule has 9 heteroatoms. The second-order valence-corrected chi connectivity index (χ2v) is 6.50. The fourth-order valence-electron chi connectivity index (χ4n) is 3.60. The van der Waals surface area contributed by atoms with E-state index in [0.717, 1.165) is 25.5 Å². The van der Waals surface area contributed by atoms with Gasteiger partial charge < -0.3 is 19.7 Å². The third-order valence-corrected chi connectivity index (χ3v) is 4.96. The number of fused-ring (bicyclic) bond motifs is 2. The molecule has 0 amide bonds. The smallest absolute Gasteiger partial charge is 0.481 e. The third kappa shape index (κ3) is 3.18. The molecule has 0 radical (unpaired) electrons. The molecule has 8 nitrogen and oxygen atoms in total. The van der Waals surface area contributed by atoms with Gasteiger partial charge in [0, 0.05) is 50.2 Å². The van der Waals surface area contributed by atoms with Crippen LogP contribution in [0, 0.1) is 0 Å². The zero-order valence-electron chi connectivity index (χ0n) is 14.0. The first-order valence-corrected chi connectivity index (χ1v) is 8.31. The molecule has 0 spiro atoms. The van der Waals surface area contributed by atoms with E-state index in [9.17, 15) is 0 Å². The Kier molecular flexibility index (Phi) is 4.28. The van der Waals surface area contributed by atoms with E-state index >= 15 is 0 Å². The zero-order chi connectivity index (χ0) is 17.4. The van der Waals surface area contributed by atoms with E-state index in [0.29, 0.717) is 18.0 Å². The maximum atomic E-state index is 9.10. The number of piperidine rings is 1. The van der Waals surface area contributed by atoms with Crippen molar-refractivity contribution in [2.24, 2.45) is 0 Å². The topological polar surface area (TPSA) is 94.8 Å². The number of rotatable bonds is 5. The summed E-state index contributed by atoms with van der Waals surface area (Å²) in [4.78, 5) is 17.3. The summed E-state index contributed by atoms with van der Waals surface area (Å²) in [7, 11) is 0.0394. The van der Waals surface area contributed by atoms with Crippen molar-refractivity contribution in [3.63, 3.8) is 0 Å². The van der Waals surface area contributed by atoms with E-state index in [1.165, 1.54) is 18.2 Å². The second kappa shape index (κ2) is 6.59. The summed E-state index contributed by atoms with van der Waals surface area (Å²) in [6, 6.07) is 4.93. The van der Waals surface area contributed by atoms with Crippen LogP contribution in [0.1, 0.15) is 12.0 Å². The Morgan fingerprint density at radius 1 is 1.12 bits per heavy atom. The van der Waals surface area contributed by atoms with Crippen molar-refractivity contribution in [3.8, 4) is 5.88 Å². The lowest BCUT2D eigenvalue weighted by Gasteiger charge is -2.56. The molecule has 3 aliphatic heterocycles. The summed E-state index contributed by atoms with van der Waals surface area (Å²) < 4.78 is 5.10. The highest BCUT2D eigenvalue weighted by atomic mass is 16.5. The molecule has 3 fully saturated rings. The van der Waals surface area contributed by atoms with Gasteiger partial charge in [0.1, 0.15) is 5.82 Å². The maximum Gasteiger partial charge on any atom is 0.509 e. The molecule has 0 aromatic carbocycles. The summed E-state index contributed by atoms with van der Waals surface area (Å²) in [6.45, 7) is 2.69. The summed E-state index contributed by atoms with van der Waals surface area (Å²) in [5, 5.41) is 18.2. The number of pyridine rings is 1. The van der Waals surface area contributed by atoms with Crippen LogP contribution in [0.15, 0.2) is 30.7 Å². The van der Waals surface area contributed by atoms with Gasteiger partial charge >= 0.3 is 7.12 Å². The van der Waals surface area contributed by atoms with Crippen LogP contribution in [0.25, 0.3) is 0 Å². The van der Waals surface area contributed by atoms with Gasteiger partial charge in [-0.1, -0.05) is 6.07 Å².